The lowest BCUT2D eigenvalue weighted by Crippen LogP contribution is -2.44. The molecule has 1 unspecified atom stereocenters. The Morgan fingerprint density at radius 1 is 1.21 bits per heavy atom. The number of thioether (sulfide) groups is 1. The number of benzene rings is 1. The SMILES string of the molecule is CC(C)C1=C(C(=O)N2C(C)CC[C@H]2C(=O)O)SC2=N[C@@](C)(c3ccc(Cl)nc3)[C@@H](c3ccc(Cl)c(F)c3)N21. The summed E-state index contributed by atoms with van der Waals surface area (Å²) in [5, 5.41) is 10.7. The average Bonchev–Trinajstić information content (AvgIpc) is 3.50. The highest BCUT2D eigenvalue weighted by Gasteiger charge is 2.54. The van der Waals surface area contributed by atoms with Gasteiger partial charge in [0.05, 0.1) is 11.1 Å². The van der Waals surface area contributed by atoms with E-state index in [0.29, 0.717) is 33.6 Å². The molecule has 1 amide bonds. The molecule has 0 radical (unpaired) electrons. The van der Waals surface area contributed by atoms with Crippen LogP contribution in [-0.4, -0.2) is 49.0 Å². The van der Waals surface area contributed by atoms with E-state index in [0.717, 1.165) is 11.3 Å². The number of pyridine rings is 1. The molecule has 1 saturated heterocycles. The van der Waals surface area contributed by atoms with Crippen molar-refractivity contribution in [3.8, 4) is 0 Å². The van der Waals surface area contributed by atoms with Gasteiger partial charge in [-0.25, -0.2) is 19.2 Å². The normalized spacial score (nSPS) is 26.8. The minimum atomic E-state index is -1.01. The van der Waals surface area contributed by atoms with Crippen molar-refractivity contribution in [3.05, 3.63) is 74.3 Å². The van der Waals surface area contributed by atoms with E-state index in [9.17, 15) is 19.1 Å². The van der Waals surface area contributed by atoms with Crippen LogP contribution in [0.4, 0.5) is 4.39 Å². The average molecular weight is 578 g/mol. The van der Waals surface area contributed by atoms with Gasteiger partial charge < -0.3 is 14.9 Å². The van der Waals surface area contributed by atoms with Crippen LogP contribution in [0.2, 0.25) is 10.2 Å². The van der Waals surface area contributed by atoms with E-state index in [4.69, 9.17) is 28.2 Å². The molecule has 0 saturated carbocycles. The van der Waals surface area contributed by atoms with Gasteiger partial charge in [0, 0.05) is 23.5 Å². The van der Waals surface area contributed by atoms with E-state index in [1.165, 1.54) is 28.8 Å². The molecule has 5 rings (SSSR count). The Hall–Kier alpha value is -2.62. The number of hydrogen-bond donors (Lipinski definition) is 1. The molecule has 1 N–H and O–H groups in total. The number of carbonyl (C=O) groups is 2. The predicted molar refractivity (Wildman–Crippen MR) is 146 cm³/mol. The van der Waals surface area contributed by atoms with Gasteiger partial charge in [0.1, 0.15) is 27.5 Å². The van der Waals surface area contributed by atoms with Crippen LogP contribution in [0.15, 0.2) is 52.1 Å². The summed E-state index contributed by atoms with van der Waals surface area (Å²) in [4.78, 5) is 39.1. The number of allylic oxidation sites excluding steroid dienone is 1. The first kappa shape index (κ1) is 27.0. The van der Waals surface area contributed by atoms with Crippen LogP contribution in [0.1, 0.15) is 57.7 Å². The molecule has 38 heavy (non-hydrogen) atoms. The zero-order valence-corrected chi connectivity index (χ0v) is 23.6. The van der Waals surface area contributed by atoms with Gasteiger partial charge >= 0.3 is 5.97 Å². The first-order valence-corrected chi connectivity index (χ1v) is 13.9. The maximum Gasteiger partial charge on any atom is 0.326 e. The highest BCUT2D eigenvalue weighted by atomic mass is 35.5. The van der Waals surface area contributed by atoms with E-state index < -0.39 is 29.4 Å². The van der Waals surface area contributed by atoms with E-state index in [1.54, 1.807) is 18.3 Å². The molecule has 11 heteroatoms. The van der Waals surface area contributed by atoms with E-state index in [-0.39, 0.29) is 22.9 Å². The van der Waals surface area contributed by atoms with Gasteiger partial charge in [-0.15, -0.1) is 0 Å². The molecule has 7 nitrogen and oxygen atoms in total. The third kappa shape index (κ3) is 4.28. The molecule has 200 valence electrons. The number of hydrogen-bond acceptors (Lipinski definition) is 6. The number of carboxylic acids is 1. The third-order valence-electron chi connectivity index (χ3n) is 7.51. The van der Waals surface area contributed by atoms with Gasteiger partial charge in [-0.1, -0.05) is 49.2 Å². The van der Waals surface area contributed by atoms with Crippen molar-refractivity contribution < 1.29 is 19.1 Å². The Balaban J connectivity index is 1.66. The van der Waals surface area contributed by atoms with Crippen molar-refractivity contribution in [2.75, 3.05) is 0 Å². The number of aromatic nitrogens is 1. The number of halogens is 3. The second-order valence-electron chi connectivity index (χ2n) is 10.3. The number of carboxylic acid groups (broad SMARTS) is 1. The van der Waals surface area contributed by atoms with E-state index >= 15 is 0 Å². The monoisotopic (exact) mass is 576 g/mol. The van der Waals surface area contributed by atoms with Crippen LogP contribution in [0, 0.1) is 11.7 Å². The second kappa shape index (κ2) is 9.84. The Morgan fingerprint density at radius 2 is 1.95 bits per heavy atom. The lowest BCUT2D eigenvalue weighted by molar-refractivity contribution is -0.147. The number of nitrogens with zero attached hydrogens (tertiary/aromatic N) is 4. The second-order valence-corrected chi connectivity index (χ2v) is 12.1. The number of aliphatic imine (C=N–C) groups is 1. The fourth-order valence-electron chi connectivity index (χ4n) is 5.68. The maximum absolute atomic E-state index is 14.8. The lowest BCUT2D eigenvalue weighted by Gasteiger charge is -2.37. The highest BCUT2D eigenvalue weighted by molar-refractivity contribution is 8.18. The number of likely N-dealkylation sites (tertiary alicyclic amines) is 1. The molecule has 2 aromatic rings. The minimum Gasteiger partial charge on any atom is -0.480 e. The van der Waals surface area contributed by atoms with Gasteiger partial charge in [-0.2, -0.15) is 0 Å². The minimum absolute atomic E-state index is 0.0109. The van der Waals surface area contributed by atoms with Crippen molar-refractivity contribution in [2.45, 2.75) is 64.2 Å². The van der Waals surface area contributed by atoms with Crippen LogP contribution in [0.3, 0.4) is 0 Å². The van der Waals surface area contributed by atoms with Crippen molar-refractivity contribution in [3.63, 3.8) is 0 Å². The number of amidine groups is 1. The smallest absolute Gasteiger partial charge is 0.326 e. The predicted octanol–water partition coefficient (Wildman–Crippen LogP) is 6.23. The van der Waals surface area contributed by atoms with Crippen molar-refractivity contribution in [1.29, 1.82) is 0 Å². The van der Waals surface area contributed by atoms with Crippen LogP contribution in [-0.2, 0) is 15.1 Å². The van der Waals surface area contributed by atoms with Crippen LogP contribution < -0.4 is 0 Å². The summed E-state index contributed by atoms with van der Waals surface area (Å²) < 4.78 is 14.8. The summed E-state index contributed by atoms with van der Waals surface area (Å²) in [6, 6.07) is 6.63. The fourth-order valence-corrected chi connectivity index (χ4v) is 7.26. The third-order valence-corrected chi connectivity index (χ3v) is 9.10. The summed E-state index contributed by atoms with van der Waals surface area (Å²) in [5.74, 6) is -1.99. The van der Waals surface area contributed by atoms with Crippen molar-refractivity contribution in [1.82, 2.24) is 14.8 Å². The highest BCUT2D eigenvalue weighted by Crippen LogP contribution is 2.56. The summed E-state index contributed by atoms with van der Waals surface area (Å²) in [7, 11) is 0. The Kier molecular flexibility index (Phi) is 6.99. The standard InChI is InChI=1S/C27H27Cl2FN4O3S/c1-13(2)21-22(24(35)33-14(3)5-9-19(33)25(36)37)38-26-32-27(4,16-7-10-20(29)31-12-16)23(34(21)26)15-6-8-17(28)18(30)11-15/h6-8,10-14,19,23H,5,9H2,1-4H3,(H,36,37)/t14?,19-,23+,27-/m0/s1. The summed E-state index contributed by atoms with van der Waals surface area (Å²) in [6.45, 7) is 7.78. The summed E-state index contributed by atoms with van der Waals surface area (Å²) in [6.07, 6.45) is 2.69. The molecule has 1 aromatic heterocycles. The van der Waals surface area contributed by atoms with Crippen LogP contribution in [0.25, 0.3) is 0 Å². The van der Waals surface area contributed by atoms with Gasteiger partial charge in [0.15, 0.2) is 5.17 Å². The van der Waals surface area contributed by atoms with E-state index in [2.05, 4.69) is 4.98 Å². The van der Waals surface area contributed by atoms with Gasteiger partial charge in [0.25, 0.3) is 5.91 Å². The summed E-state index contributed by atoms with van der Waals surface area (Å²) >= 11 is 13.3. The lowest BCUT2D eigenvalue weighted by atomic mass is 9.81. The van der Waals surface area contributed by atoms with Crippen LogP contribution >= 0.6 is 35.0 Å². The molecule has 4 heterocycles. The zero-order valence-electron chi connectivity index (χ0n) is 21.3. The molecule has 0 bridgehead atoms. The number of rotatable bonds is 5. The zero-order chi connectivity index (χ0) is 27.5. The number of carbonyl (C=O) groups excluding carboxylic acids is 1. The van der Waals surface area contributed by atoms with Gasteiger partial charge in [-0.3, -0.25) is 4.79 Å². The number of fused-ring (bicyclic) bond motifs is 1. The Morgan fingerprint density at radius 3 is 2.55 bits per heavy atom. The number of aliphatic carboxylic acids is 1. The Bertz CT molecular complexity index is 1380. The largest absolute Gasteiger partial charge is 0.480 e. The van der Waals surface area contributed by atoms with Crippen LogP contribution in [0.5, 0.6) is 0 Å². The van der Waals surface area contributed by atoms with Gasteiger partial charge in [-0.05, 0) is 68.1 Å². The Labute approximate surface area is 234 Å². The molecule has 1 fully saturated rings. The molecule has 1 aromatic carbocycles. The van der Waals surface area contributed by atoms with E-state index in [1.807, 2.05) is 38.7 Å². The molecule has 4 atom stereocenters. The van der Waals surface area contributed by atoms with Crippen molar-refractivity contribution in [2.24, 2.45) is 10.9 Å². The molecular weight excluding hydrogens is 550 g/mol. The molecule has 3 aliphatic rings. The first-order valence-electron chi connectivity index (χ1n) is 12.4. The fraction of sp³-hybridized carbons (Fsp3) is 0.407. The van der Waals surface area contributed by atoms with Gasteiger partial charge in [0.2, 0.25) is 0 Å². The molecule has 0 spiro atoms. The molecule has 3 aliphatic heterocycles. The first-order chi connectivity index (χ1) is 17.9. The van der Waals surface area contributed by atoms with Crippen molar-refractivity contribution >= 4 is 52.0 Å². The molecule has 0 aliphatic carbocycles. The topological polar surface area (TPSA) is 86.1 Å². The summed E-state index contributed by atoms with van der Waals surface area (Å²) in [5.41, 5.74) is 1.25. The quantitative estimate of drug-likeness (QED) is 0.424. The molecular formula is C27H27Cl2FN4O3S. The number of amides is 1. The maximum atomic E-state index is 14.8.